The van der Waals surface area contributed by atoms with Crippen LogP contribution < -0.4 is 0 Å². The smallest absolute Gasteiger partial charge is 0.282 e. The molecule has 0 saturated carbocycles. The first-order chi connectivity index (χ1) is 20.2. The minimum absolute atomic E-state index is 0.196. The molecule has 2 aromatic rings. The van der Waals surface area contributed by atoms with Gasteiger partial charge >= 0.3 is 0 Å². The molecule has 2 rings (SSSR count). The zero-order valence-corrected chi connectivity index (χ0v) is 29.0. The third-order valence-corrected chi connectivity index (χ3v) is 7.60. The van der Waals surface area contributed by atoms with Crippen molar-refractivity contribution in [2.75, 3.05) is 0 Å². The van der Waals surface area contributed by atoms with Crippen molar-refractivity contribution in [2.45, 2.75) is 88.0 Å². The lowest BCUT2D eigenvalue weighted by atomic mass is 9.92. The number of hydrogen-bond acceptors (Lipinski definition) is 4. The van der Waals surface area contributed by atoms with Gasteiger partial charge in [0.15, 0.2) is 0 Å². The number of unbranched alkanes of at least 4 members (excludes halogenated alkanes) is 2. The zero-order valence-electron chi connectivity index (χ0n) is 27.4. The molecular weight excluding hydrogens is 581 g/mol. The summed E-state index contributed by atoms with van der Waals surface area (Å²) in [6.07, 6.45) is 12.9. The fourth-order valence-electron chi connectivity index (χ4n) is 3.01. The van der Waals surface area contributed by atoms with Gasteiger partial charge in [-0.25, -0.2) is 0 Å². The van der Waals surface area contributed by atoms with Crippen LogP contribution in [-0.2, 0) is 20.2 Å². The van der Waals surface area contributed by atoms with E-state index in [1.807, 2.05) is 62.4 Å². The van der Waals surface area contributed by atoms with Crippen molar-refractivity contribution in [3.8, 4) is 11.1 Å². The van der Waals surface area contributed by atoms with Gasteiger partial charge in [-0.15, -0.1) is 0 Å². The van der Waals surface area contributed by atoms with Crippen LogP contribution in [0.5, 0.6) is 0 Å². The zero-order chi connectivity index (χ0) is 33.6. The van der Waals surface area contributed by atoms with Crippen molar-refractivity contribution < 1.29 is 25.9 Å². The molecule has 0 atom stereocenters. The van der Waals surface area contributed by atoms with E-state index < -0.39 is 25.1 Å². The molecule has 0 unspecified atom stereocenters. The van der Waals surface area contributed by atoms with E-state index in [0.717, 1.165) is 16.7 Å². The second-order valence-corrected chi connectivity index (χ2v) is 12.2. The molecule has 2 aromatic carbocycles. The topological polar surface area (TPSA) is 109 Å². The Bertz CT molecular complexity index is 1440. The Labute approximate surface area is 262 Å². The van der Waals surface area contributed by atoms with E-state index in [2.05, 4.69) is 34.3 Å². The molecule has 8 heteroatoms. The Morgan fingerprint density at radius 1 is 0.698 bits per heavy atom. The lowest BCUT2D eigenvalue weighted by molar-refractivity contribution is 0.489. The van der Waals surface area contributed by atoms with Gasteiger partial charge in [0.25, 0.3) is 20.2 Å². The number of hydrogen-bond donors (Lipinski definition) is 2. The third-order valence-electron chi connectivity index (χ3n) is 5.87. The van der Waals surface area contributed by atoms with Gasteiger partial charge in [0.1, 0.15) is 0 Å². The highest BCUT2D eigenvalue weighted by Crippen LogP contribution is 2.31. The van der Waals surface area contributed by atoms with E-state index in [1.165, 1.54) is 50.8 Å². The first-order valence-electron chi connectivity index (χ1n) is 14.7. The Kier molecular flexibility index (Phi) is 22.0. The molecule has 0 aliphatic heterocycles. The van der Waals surface area contributed by atoms with Crippen LogP contribution in [0.2, 0.25) is 0 Å². The van der Waals surface area contributed by atoms with E-state index in [1.54, 1.807) is 26.0 Å². The number of rotatable bonds is 10. The minimum atomic E-state index is -4.40. The highest BCUT2D eigenvalue weighted by Gasteiger charge is 2.12. The molecule has 0 aliphatic rings. The second-order valence-electron chi connectivity index (χ2n) is 9.16. The minimum Gasteiger partial charge on any atom is -0.282 e. The first kappa shape index (κ1) is 42.1. The van der Waals surface area contributed by atoms with Crippen LogP contribution in [0.4, 0.5) is 0 Å². The maximum atomic E-state index is 11.5. The molecule has 0 bridgehead atoms. The fourth-order valence-corrected chi connectivity index (χ4v) is 3.53. The van der Waals surface area contributed by atoms with Gasteiger partial charge < -0.3 is 0 Å². The molecule has 0 fully saturated rings. The normalized spacial score (nSPS) is 12.3. The van der Waals surface area contributed by atoms with Crippen LogP contribution in [0.15, 0.2) is 95.3 Å². The lowest BCUT2D eigenvalue weighted by Gasteiger charge is -2.13. The quantitative estimate of drug-likeness (QED) is 0.199. The van der Waals surface area contributed by atoms with E-state index >= 15 is 0 Å². The number of allylic oxidation sites excluding steroid dienone is 8. The van der Waals surface area contributed by atoms with Crippen LogP contribution in [0.3, 0.4) is 0 Å². The van der Waals surface area contributed by atoms with Crippen molar-refractivity contribution in [3.05, 3.63) is 106 Å². The maximum Gasteiger partial charge on any atom is 0.293 e. The third kappa shape index (κ3) is 17.0. The molecule has 0 heterocycles. The predicted octanol–water partition coefficient (Wildman–Crippen LogP) is 10.5. The SMILES string of the molecule is C=C(/C=C\C(=C/C)c1cc(C(=C/C)/C=C(\C)S(=O)(=O)O)cc(-c2ccccc2)c1)S(=O)(=O)O.CC.CCCC.CCCC. The molecule has 0 amide bonds. The van der Waals surface area contributed by atoms with Crippen molar-refractivity contribution in [3.63, 3.8) is 0 Å². The summed E-state index contributed by atoms with van der Waals surface area (Å²) in [4.78, 5) is -0.639. The summed E-state index contributed by atoms with van der Waals surface area (Å²) >= 11 is 0. The van der Waals surface area contributed by atoms with Crippen molar-refractivity contribution >= 4 is 31.4 Å². The van der Waals surface area contributed by atoms with Gasteiger partial charge in [0.05, 0.1) is 9.81 Å². The van der Waals surface area contributed by atoms with E-state index in [-0.39, 0.29) is 4.91 Å². The summed E-state index contributed by atoms with van der Waals surface area (Å²) < 4.78 is 64.1. The molecule has 0 saturated heterocycles. The lowest BCUT2D eigenvalue weighted by Crippen LogP contribution is -1.99. The molecule has 0 spiro atoms. The maximum absolute atomic E-state index is 11.5. The summed E-state index contributed by atoms with van der Waals surface area (Å²) in [5.41, 5.74) is 4.43. The average Bonchev–Trinajstić information content (AvgIpc) is 3.00. The number of benzene rings is 2. The molecule has 2 N–H and O–H groups in total. The van der Waals surface area contributed by atoms with E-state index in [9.17, 15) is 21.4 Å². The van der Waals surface area contributed by atoms with Crippen LogP contribution in [-0.4, -0.2) is 25.9 Å². The molecular formula is C35H52O6S2. The molecule has 43 heavy (non-hydrogen) atoms. The highest BCUT2D eigenvalue weighted by molar-refractivity contribution is 7.90. The van der Waals surface area contributed by atoms with Crippen LogP contribution in [0, 0.1) is 0 Å². The summed E-state index contributed by atoms with van der Waals surface area (Å²) in [5.74, 6) is 0. The Hall–Kier alpha value is -3.04. The van der Waals surface area contributed by atoms with Gasteiger partial charge in [0.2, 0.25) is 0 Å². The Balaban J connectivity index is 0. The van der Waals surface area contributed by atoms with Crippen molar-refractivity contribution in [2.24, 2.45) is 0 Å². The van der Waals surface area contributed by atoms with Crippen LogP contribution in [0.25, 0.3) is 22.3 Å². The molecule has 0 radical (unpaired) electrons. The summed E-state index contributed by atoms with van der Waals surface area (Å²) in [6, 6.07) is 15.2. The van der Waals surface area contributed by atoms with Crippen molar-refractivity contribution in [1.82, 2.24) is 0 Å². The van der Waals surface area contributed by atoms with Gasteiger partial charge in [-0.2, -0.15) is 16.8 Å². The van der Waals surface area contributed by atoms with Crippen LogP contribution >= 0.6 is 0 Å². The Morgan fingerprint density at radius 2 is 1.14 bits per heavy atom. The van der Waals surface area contributed by atoms with Gasteiger partial charge in [-0.1, -0.05) is 122 Å². The predicted molar refractivity (Wildman–Crippen MR) is 187 cm³/mol. The van der Waals surface area contributed by atoms with Crippen LogP contribution in [0.1, 0.15) is 99.1 Å². The monoisotopic (exact) mass is 632 g/mol. The van der Waals surface area contributed by atoms with Gasteiger partial charge in [-0.3, -0.25) is 9.11 Å². The average molecular weight is 633 g/mol. The summed E-state index contributed by atoms with van der Waals surface area (Å²) in [6.45, 7) is 20.9. The van der Waals surface area contributed by atoms with Gasteiger partial charge in [-0.05, 0) is 84.5 Å². The fraction of sp³-hybridized carbons (Fsp3) is 0.371. The first-order valence-corrected chi connectivity index (χ1v) is 17.6. The molecule has 0 aliphatic carbocycles. The largest absolute Gasteiger partial charge is 0.293 e. The van der Waals surface area contributed by atoms with Gasteiger partial charge in [0, 0.05) is 0 Å². The Morgan fingerprint density at radius 3 is 1.51 bits per heavy atom. The van der Waals surface area contributed by atoms with E-state index in [0.29, 0.717) is 16.7 Å². The standard InChI is InChI=1S/C25H26O6S2.2C4H10.C2H6/c1-5-20(13-12-18(3)32(26,27)28)23-15-24(21(6-2)14-19(4)33(29,30)31)17-25(16-23)22-10-8-7-9-11-22;2*1-3-4-2;1-2/h5-17H,3H2,1-2,4H3,(H,26,27,28)(H,29,30,31);2*3-4H2,1-2H3;1-2H3/b13-12-,19-14+,20-5+,21-6+;;;. The second kappa shape index (κ2) is 22.5. The molecule has 0 aromatic heterocycles. The van der Waals surface area contributed by atoms with Crippen molar-refractivity contribution in [1.29, 1.82) is 0 Å². The molecule has 240 valence electrons. The highest BCUT2D eigenvalue weighted by atomic mass is 32.2. The summed E-state index contributed by atoms with van der Waals surface area (Å²) in [5, 5.41) is 0. The summed E-state index contributed by atoms with van der Waals surface area (Å²) in [7, 11) is -8.73. The van der Waals surface area contributed by atoms with E-state index in [4.69, 9.17) is 4.55 Å². The molecule has 6 nitrogen and oxygen atoms in total.